The molecule has 1 fully saturated rings. The van der Waals surface area contributed by atoms with Crippen molar-refractivity contribution >= 4 is 0 Å². The van der Waals surface area contributed by atoms with Crippen molar-refractivity contribution in [2.75, 3.05) is 13.6 Å². The molecule has 2 heteroatoms. The van der Waals surface area contributed by atoms with Gasteiger partial charge in [-0.15, -0.1) is 6.42 Å². The van der Waals surface area contributed by atoms with Crippen molar-refractivity contribution in [1.29, 1.82) is 0 Å². The lowest BCUT2D eigenvalue weighted by atomic mass is 9.95. The normalized spacial score (nSPS) is 29.7. The van der Waals surface area contributed by atoms with Gasteiger partial charge in [-0.2, -0.15) is 0 Å². The summed E-state index contributed by atoms with van der Waals surface area (Å²) in [7, 11) is 2.05. The van der Waals surface area contributed by atoms with Crippen LogP contribution in [0.1, 0.15) is 39.5 Å². The monoisotopic (exact) mass is 208 g/mol. The second-order valence-corrected chi connectivity index (χ2v) is 4.57. The molecule has 1 aliphatic heterocycles. The Bertz CT molecular complexity index is 219. The summed E-state index contributed by atoms with van der Waals surface area (Å²) in [4.78, 5) is 2.50. The zero-order valence-electron chi connectivity index (χ0n) is 10.3. The van der Waals surface area contributed by atoms with E-state index in [0.717, 1.165) is 13.0 Å². The molecule has 3 unspecified atom stereocenters. The van der Waals surface area contributed by atoms with Crippen molar-refractivity contribution in [3.63, 3.8) is 0 Å². The van der Waals surface area contributed by atoms with Crippen LogP contribution in [0.5, 0.6) is 0 Å². The molecular formula is C13H24N2. The average Bonchev–Trinajstić information content (AvgIpc) is 2.26. The summed E-state index contributed by atoms with van der Waals surface area (Å²) in [5.74, 6) is 2.94. The number of hydrogen-bond donors (Lipinski definition) is 1. The van der Waals surface area contributed by atoms with Crippen LogP contribution in [-0.2, 0) is 0 Å². The molecule has 1 rings (SSSR count). The number of nitrogens with one attached hydrogen (secondary N) is 1. The molecule has 1 N–H and O–H groups in total. The third-order valence-electron chi connectivity index (χ3n) is 3.49. The van der Waals surface area contributed by atoms with Gasteiger partial charge in [-0.1, -0.05) is 19.3 Å². The maximum Gasteiger partial charge on any atom is 0.0714 e. The van der Waals surface area contributed by atoms with Crippen LogP contribution >= 0.6 is 0 Å². The number of piperidine rings is 1. The Morgan fingerprint density at radius 3 is 2.80 bits per heavy atom. The second kappa shape index (κ2) is 6.15. The summed E-state index contributed by atoms with van der Waals surface area (Å²) < 4.78 is 0. The predicted octanol–water partition coefficient (Wildman–Crippen LogP) is 1.86. The Balaban J connectivity index is 2.52. The summed E-state index contributed by atoms with van der Waals surface area (Å²) in [5, 5.41) is 3.37. The molecule has 1 aliphatic rings. The van der Waals surface area contributed by atoms with E-state index in [0.29, 0.717) is 18.1 Å². The third-order valence-corrected chi connectivity index (χ3v) is 3.49. The molecule has 1 saturated heterocycles. The molecule has 3 atom stereocenters. The molecule has 1 heterocycles. The van der Waals surface area contributed by atoms with Crippen molar-refractivity contribution in [3.05, 3.63) is 0 Å². The molecule has 0 aromatic carbocycles. The predicted molar refractivity (Wildman–Crippen MR) is 65.8 cm³/mol. The van der Waals surface area contributed by atoms with Crippen LogP contribution in [0.15, 0.2) is 0 Å². The van der Waals surface area contributed by atoms with Crippen molar-refractivity contribution in [1.82, 2.24) is 10.2 Å². The fourth-order valence-electron chi connectivity index (χ4n) is 2.53. The van der Waals surface area contributed by atoms with Crippen LogP contribution in [0.2, 0.25) is 0 Å². The minimum atomic E-state index is 0.350. The third kappa shape index (κ3) is 3.22. The van der Waals surface area contributed by atoms with Crippen LogP contribution < -0.4 is 5.32 Å². The molecule has 0 aromatic heterocycles. The van der Waals surface area contributed by atoms with Crippen molar-refractivity contribution in [2.45, 2.75) is 57.7 Å². The minimum Gasteiger partial charge on any atom is -0.317 e. The zero-order chi connectivity index (χ0) is 11.3. The summed E-state index contributed by atoms with van der Waals surface area (Å²) in [6.07, 6.45) is 10.4. The molecule has 0 aromatic rings. The fourth-order valence-corrected chi connectivity index (χ4v) is 2.53. The lowest BCUT2D eigenvalue weighted by molar-refractivity contribution is 0.109. The van der Waals surface area contributed by atoms with Crippen molar-refractivity contribution < 1.29 is 0 Å². The molecular weight excluding hydrogens is 184 g/mol. The van der Waals surface area contributed by atoms with E-state index >= 15 is 0 Å². The largest absolute Gasteiger partial charge is 0.317 e. The SMILES string of the molecule is C#CC(CCC)N1CCC(NC)CC1C. The summed E-state index contributed by atoms with van der Waals surface area (Å²) in [6, 6.07) is 1.64. The Kier molecular flexibility index (Phi) is 5.14. The van der Waals surface area contributed by atoms with Gasteiger partial charge in [0.25, 0.3) is 0 Å². The van der Waals surface area contributed by atoms with Gasteiger partial charge in [0.05, 0.1) is 6.04 Å². The summed E-state index contributed by atoms with van der Waals surface area (Å²) in [5.41, 5.74) is 0. The van der Waals surface area contributed by atoms with Gasteiger partial charge in [0, 0.05) is 18.6 Å². The minimum absolute atomic E-state index is 0.350. The van der Waals surface area contributed by atoms with E-state index in [1.807, 2.05) is 0 Å². The standard InChI is InChI=1S/C13H24N2/c1-5-7-13(6-2)15-9-8-12(14-4)10-11(15)3/h2,11-14H,5,7-10H2,1,3-4H3. The number of hydrogen-bond acceptors (Lipinski definition) is 2. The van der Waals surface area contributed by atoms with E-state index in [1.54, 1.807) is 0 Å². The molecule has 0 aliphatic carbocycles. The van der Waals surface area contributed by atoms with E-state index in [-0.39, 0.29) is 0 Å². The first kappa shape index (κ1) is 12.5. The molecule has 86 valence electrons. The lowest BCUT2D eigenvalue weighted by Crippen LogP contribution is -2.50. The molecule has 15 heavy (non-hydrogen) atoms. The maximum absolute atomic E-state index is 5.61. The van der Waals surface area contributed by atoms with Gasteiger partial charge in [-0.3, -0.25) is 4.90 Å². The molecule has 0 radical (unpaired) electrons. The lowest BCUT2D eigenvalue weighted by Gasteiger charge is -2.40. The van der Waals surface area contributed by atoms with E-state index in [4.69, 9.17) is 6.42 Å². The van der Waals surface area contributed by atoms with Crippen LogP contribution in [0, 0.1) is 12.3 Å². The van der Waals surface area contributed by atoms with E-state index < -0.39 is 0 Å². The summed E-state index contributed by atoms with van der Waals surface area (Å²) >= 11 is 0. The number of terminal acetylenes is 1. The van der Waals surface area contributed by atoms with Crippen LogP contribution in [-0.4, -0.2) is 36.6 Å². The fraction of sp³-hybridized carbons (Fsp3) is 0.846. The van der Waals surface area contributed by atoms with Gasteiger partial charge < -0.3 is 5.32 Å². The van der Waals surface area contributed by atoms with Crippen molar-refractivity contribution in [2.24, 2.45) is 0 Å². The quantitative estimate of drug-likeness (QED) is 0.709. The Morgan fingerprint density at radius 2 is 2.33 bits per heavy atom. The molecule has 0 spiro atoms. The first-order valence-electron chi connectivity index (χ1n) is 6.12. The van der Waals surface area contributed by atoms with Gasteiger partial charge >= 0.3 is 0 Å². The van der Waals surface area contributed by atoms with Crippen LogP contribution in [0.3, 0.4) is 0 Å². The zero-order valence-corrected chi connectivity index (χ0v) is 10.3. The van der Waals surface area contributed by atoms with Gasteiger partial charge in [-0.25, -0.2) is 0 Å². The van der Waals surface area contributed by atoms with Crippen molar-refractivity contribution in [3.8, 4) is 12.3 Å². The summed E-state index contributed by atoms with van der Waals surface area (Å²) in [6.45, 7) is 5.64. The molecule has 0 bridgehead atoms. The van der Waals surface area contributed by atoms with Gasteiger partial charge in [0.1, 0.15) is 0 Å². The van der Waals surface area contributed by atoms with Gasteiger partial charge in [-0.05, 0) is 33.2 Å². The highest BCUT2D eigenvalue weighted by molar-refractivity contribution is 5.02. The first-order chi connectivity index (χ1) is 7.22. The average molecular weight is 208 g/mol. The Labute approximate surface area is 94.4 Å². The molecule has 2 nitrogen and oxygen atoms in total. The highest BCUT2D eigenvalue weighted by atomic mass is 15.2. The van der Waals surface area contributed by atoms with E-state index in [2.05, 4.69) is 37.0 Å². The highest BCUT2D eigenvalue weighted by Crippen LogP contribution is 2.21. The topological polar surface area (TPSA) is 15.3 Å². The van der Waals surface area contributed by atoms with E-state index in [9.17, 15) is 0 Å². The van der Waals surface area contributed by atoms with Crippen LogP contribution in [0.25, 0.3) is 0 Å². The highest BCUT2D eigenvalue weighted by Gasteiger charge is 2.28. The number of nitrogens with zero attached hydrogens (tertiary/aromatic N) is 1. The molecule has 0 amide bonds. The Hall–Kier alpha value is -0.520. The van der Waals surface area contributed by atoms with E-state index in [1.165, 1.54) is 19.3 Å². The van der Waals surface area contributed by atoms with Crippen LogP contribution in [0.4, 0.5) is 0 Å². The maximum atomic E-state index is 5.61. The Morgan fingerprint density at radius 1 is 1.60 bits per heavy atom. The second-order valence-electron chi connectivity index (χ2n) is 4.57. The number of likely N-dealkylation sites (tertiary alicyclic amines) is 1. The first-order valence-corrected chi connectivity index (χ1v) is 6.12. The number of rotatable bonds is 4. The van der Waals surface area contributed by atoms with Gasteiger partial charge in [0.15, 0.2) is 0 Å². The van der Waals surface area contributed by atoms with Gasteiger partial charge in [0.2, 0.25) is 0 Å². The smallest absolute Gasteiger partial charge is 0.0714 e. The molecule has 0 saturated carbocycles.